The summed E-state index contributed by atoms with van der Waals surface area (Å²) in [6.07, 6.45) is -4.68. The van der Waals surface area contributed by atoms with Gasteiger partial charge in [0.25, 0.3) is 10.0 Å². The van der Waals surface area contributed by atoms with E-state index in [2.05, 4.69) is 14.4 Å². The lowest BCUT2D eigenvalue weighted by Crippen LogP contribution is -2.51. The van der Waals surface area contributed by atoms with Crippen molar-refractivity contribution in [3.8, 4) is 10.6 Å². The van der Waals surface area contributed by atoms with Gasteiger partial charge >= 0.3 is 12.1 Å². The third-order valence-electron chi connectivity index (χ3n) is 6.54. The average Bonchev–Trinajstić information content (AvgIpc) is 3.23. The Kier molecular flexibility index (Phi) is 6.79. The van der Waals surface area contributed by atoms with Crippen LogP contribution in [0.1, 0.15) is 31.6 Å². The summed E-state index contributed by atoms with van der Waals surface area (Å²) in [6, 6.07) is 12.1. The van der Waals surface area contributed by atoms with Crippen LogP contribution in [-0.4, -0.2) is 54.7 Å². The number of carboxylic acids is 1. The Hall–Kier alpha value is -2.74. The maximum absolute atomic E-state index is 13.3. The van der Waals surface area contributed by atoms with E-state index in [1.807, 2.05) is 18.7 Å². The van der Waals surface area contributed by atoms with Crippen molar-refractivity contribution in [3.05, 3.63) is 59.9 Å². The van der Waals surface area contributed by atoms with Crippen LogP contribution >= 0.6 is 11.3 Å². The number of halogens is 3. The van der Waals surface area contributed by atoms with Gasteiger partial charge < -0.3 is 14.5 Å². The summed E-state index contributed by atoms with van der Waals surface area (Å²) in [5.74, 6) is -2.61. The minimum atomic E-state index is -4.73. The molecule has 0 saturated heterocycles. The topological polar surface area (TPSA) is 113 Å². The van der Waals surface area contributed by atoms with Gasteiger partial charge in [-0.15, -0.1) is 11.3 Å². The number of thiophene rings is 1. The molecule has 1 saturated carbocycles. The fourth-order valence-electron chi connectivity index (χ4n) is 4.49. The van der Waals surface area contributed by atoms with Gasteiger partial charge in [-0.3, -0.25) is 4.79 Å². The molecular weight excluding hydrogens is 519 g/mol. The Morgan fingerprint density at radius 3 is 2.42 bits per heavy atom. The molecule has 0 spiro atoms. The van der Waals surface area contributed by atoms with Crippen molar-refractivity contribution in [3.63, 3.8) is 0 Å². The number of carboxylic acid groups (broad SMARTS) is 1. The van der Waals surface area contributed by atoms with Crippen molar-refractivity contribution in [1.82, 2.24) is 14.8 Å². The highest BCUT2D eigenvalue weighted by Crippen LogP contribution is 2.59. The van der Waals surface area contributed by atoms with Crippen molar-refractivity contribution in [2.45, 2.75) is 41.6 Å². The highest BCUT2D eigenvalue weighted by molar-refractivity contribution is 7.91. The number of likely N-dealkylation sites (N-methyl/N-ethyl adjacent to an activating group) is 1. The molecule has 36 heavy (non-hydrogen) atoms. The monoisotopic (exact) mass is 543 g/mol. The van der Waals surface area contributed by atoms with Crippen LogP contribution in [0.2, 0.25) is 0 Å². The molecule has 13 heteroatoms. The van der Waals surface area contributed by atoms with Gasteiger partial charge in [0.05, 0.1) is 4.88 Å². The van der Waals surface area contributed by atoms with E-state index in [0.29, 0.717) is 42.6 Å². The predicted octanol–water partition coefficient (Wildman–Crippen LogP) is 4.21. The van der Waals surface area contributed by atoms with Crippen molar-refractivity contribution in [2.24, 2.45) is 0 Å². The molecule has 1 aromatic carbocycles. The van der Waals surface area contributed by atoms with Gasteiger partial charge in [-0.1, -0.05) is 49.3 Å². The van der Waals surface area contributed by atoms with Crippen LogP contribution in [0, 0.1) is 0 Å². The molecule has 0 aliphatic heterocycles. The van der Waals surface area contributed by atoms with E-state index in [4.69, 9.17) is 0 Å². The predicted molar refractivity (Wildman–Crippen MR) is 126 cm³/mol. The van der Waals surface area contributed by atoms with Crippen LogP contribution < -0.4 is 4.72 Å². The Labute approximate surface area is 209 Å². The summed E-state index contributed by atoms with van der Waals surface area (Å²) in [6.45, 7) is 5.52. The van der Waals surface area contributed by atoms with Gasteiger partial charge in [0.1, 0.15) is 15.4 Å². The smallest absolute Gasteiger partial charge is 0.452 e. The molecule has 0 radical (unpaired) electrons. The van der Waals surface area contributed by atoms with Crippen LogP contribution in [0.4, 0.5) is 13.2 Å². The van der Waals surface area contributed by atoms with E-state index in [1.54, 1.807) is 30.3 Å². The number of nitrogens with zero attached hydrogens (tertiary/aromatic N) is 2. The van der Waals surface area contributed by atoms with Gasteiger partial charge in [0.2, 0.25) is 5.76 Å². The maximum atomic E-state index is 13.3. The molecule has 1 fully saturated rings. The van der Waals surface area contributed by atoms with Gasteiger partial charge in [-0.2, -0.15) is 17.9 Å². The number of benzene rings is 1. The molecule has 4 rings (SSSR count). The number of sulfonamides is 1. The number of rotatable bonds is 10. The number of nitrogens with one attached hydrogen (secondary N) is 1. The van der Waals surface area contributed by atoms with Crippen LogP contribution in [-0.2, 0) is 26.4 Å². The van der Waals surface area contributed by atoms with E-state index < -0.39 is 38.9 Å². The second kappa shape index (κ2) is 9.29. The molecule has 194 valence electrons. The van der Waals surface area contributed by atoms with Crippen molar-refractivity contribution < 1.29 is 36.0 Å². The van der Waals surface area contributed by atoms with Gasteiger partial charge in [-0.05, 0) is 37.2 Å². The zero-order chi connectivity index (χ0) is 26.4. The molecule has 8 nitrogen and oxygen atoms in total. The molecule has 0 amide bonds. The number of hydrogen-bond donors (Lipinski definition) is 2. The summed E-state index contributed by atoms with van der Waals surface area (Å²) < 4.78 is 71.7. The largest absolute Gasteiger partial charge is 0.480 e. The first-order valence-electron chi connectivity index (χ1n) is 11.1. The van der Waals surface area contributed by atoms with E-state index in [0.717, 1.165) is 0 Å². The molecule has 2 aromatic heterocycles. The number of hydrogen-bond acceptors (Lipinski definition) is 7. The normalized spacial score (nSPS) is 22.2. The minimum absolute atomic E-state index is 0.0472. The molecule has 1 aliphatic rings. The summed E-state index contributed by atoms with van der Waals surface area (Å²) in [5, 5.41) is 13.6. The number of aromatic nitrogens is 1. The first-order chi connectivity index (χ1) is 16.9. The lowest BCUT2D eigenvalue weighted by molar-refractivity contribution is -0.155. The van der Waals surface area contributed by atoms with Gasteiger partial charge in [0, 0.05) is 18.0 Å². The molecule has 2 N–H and O–H groups in total. The molecular formula is C23H24F3N3O5S2. The first-order valence-corrected chi connectivity index (χ1v) is 13.4. The zero-order valence-electron chi connectivity index (χ0n) is 19.4. The zero-order valence-corrected chi connectivity index (χ0v) is 21.0. The van der Waals surface area contributed by atoms with E-state index in [1.165, 1.54) is 12.1 Å². The lowest BCUT2D eigenvalue weighted by Gasteiger charge is -2.30. The number of alkyl halides is 3. The first kappa shape index (κ1) is 26.3. The van der Waals surface area contributed by atoms with Gasteiger partial charge in [-0.25, -0.2) is 8.42 Å². The molecule has 2 heterocycles. The highest BCUT2D eigenvalue weighted by atomic mass is 32.2. The van der Waals surface area contributed by atoms with E-state index >= 15 is 0 Å². The fourth-order valence-corrected chi connectivity index (χ4v) is 7.17. The standard InChI is InChI=1S/C23H24F3N3O5S2/c1-3-29(4-2)14-21(15-8-6-5-7-9-15)13-22(21,20(30)31)28-36(32,33)19-11-10-17(35-19)16-12-18(34-27-16)23(24,25)26/h5-12,28H,3-4,13-14H2,1-2H3,(H,30,31)/t21-,22?/m1/s1. The van der Waals surface area contributed by atoms with Crippen LogP contribution in [0.5, 0.6) is 0 Å². The Balaban J connectivity index is 1.68. The molecule has 3 aromatic rings. The third kappa shape index (κ3) is 4.56. The Bertz CT molecular complexity index is 1350. The van der Waals surface area contributed by atoms with Crippen LogP contribution in [0.15, 0.2) is 57.3 Å². The maximum Gasteiger partial charge on any atom is 0.452 e. The molecule has 1 aliphatic carbocycles. The van der Waals surface area contributed by atoms with Gasteiger partial charge in [0.15, 0.2) is 0 Å². The summed E-state index contributed by atoms with van der Waals surface area (Å²) in [5.41, 5.74) is -2.27. The average molecular weight is 544 g/mol. The number of carbonyl (C=O) groups is 1. The Morgan fingerprint density at radius 1 is 1.19 bits per heavy atom. The lowest BCUT2D eigenvalue weighted by atomic mass is 9.90. The summed E-state index contributed by atoms with van der Waals surface area (Å²) in [4.78, 5) is 14.8. The van der Waals surface area contributed by atoms with Crippen molar-refractivity contribution >= 4 is 27.3 Å². The Morgan fingerprint density at radius 2 is 1.86 bits per heavy atom. The molecule has 0 bridgehead atoms. The third-order valence-corrected chi connectivity index (χ3v) is 9.63. The second-order valence-corrected chi connectivity index (χ2v) is 11.6. The van der Waals surface area contributed by atoms with E-state index in [-0.39, 0.29) is 21.2 Å². The van der Waals surface area contributed by atoms with Crippen molar-refractivity contribution in [2.75, 3.05) is 19.6 Å². The quantitative estimate of drug-likeness (QED) is 0.394. The van der Waals surface area contributed by atoms with E-state index in [9.17, 15) is 31.5 Å². The molecule has 1 unspecified atom stereocenters. The highest BCUT2D eigenvalue weighted by Gasteiger charge is 2.75. The second-order valence-electron chi connectivity index (χ2n) is 8.60. The number of aliphatic carboxylic acids is 1. The summed E-state index contributed by atoms with van der Waals surface area (Å²) in [7, 11) is -4.35. The molecule has 2 atom stereocenters. The SMILES string of the molecule is CCN(CC)C[C@@]1(c2ccccc2)CC1(NS(=O)(=O)c1ccc(-c2cc(C(F)(F)F)on2)s1)C(=O)O. The van der Waals surface area contributed by atoms with Crippen LogP contribution in [0.3, 0.4) is 0 Å². The minimum Gasteiger partial charge on any atom is -0.480 e. The van der Waals surface area contributed by atoms with Crippen molar-refractivity contribution in [1.29, 1.82) is 0 Å². The summed E-state index contributed by atoms with van der Waals surface area (Å²) >= 11 is 0.672. The fraction of sp³-hybridized carbons (Fsp3) is 0.391. The van der Waals surface area contributed by atoms with Crippen LogP contribution in [0.25, 0.3) is 10.6 Å².